The fourth-order valence-corrected chi connectivity index (χ4v) is 3.94. The Bertz CT molecular complexity index is 1010. The zero-order valence-corrected chi connectivity index (χ0v) is 16.6. The Morgan fingerprint density at radius 1 is 1.14 bits per heavy atom. The molecule has 1 fully saturated rings. The molecule has 2 heterocycles. The number of halogens is 1. The Kier molecular flexibility index (Phi) is 5.34. The van der Waals surface area contributed by atoms with Crippen LogP contribution in [0.15, 0.2) is 54.6 Å². The first-order chi connectivity index (χ1) is 14.1. The van der Waals surface area contributed by atoms with Crippen molar-refractivity contribution < 1.29 is 13.9 Å². The van der Waals surface area contributed by atoms with Crippen LogP contribution in [0.2, 0.25) is 0 Å². The predicted molar refractivity (Wildman–Crippen MR) is 112 cm³/mol. The second-order valence-electron chi connectivity index (χ2n) is 7.35. The van der Waals surface area contributed by atoms with Crippen molar-refractivity contribution in [2.75, 3.05) is 32.1 Å². The molecule has 1 aromatic heterocycles. The largest absolute Gasteiger partial charge is 0.481 e. The van der Waals surface area contributed by atoms with Crippen LogP contribution in [0.3, 0.4) is 0 Å². The molecular formula is C23H24FN3O2. The van der Waals surface area contributed by atoms with E-state index in [9.17, 15) is 9.18 Å². The number of fused-ring (bicyclic) bond motifs is 1. The summed E-state index contributed by atoms with van der Waals surface area (Å²) in [5.74, 6) is 0.132. The number of anilines is 1. The van der Waals surface area contributed by atoms with E-state index in [1.54, 1.807) is 24.1 Å². The lowest BCUT2D eigenvalue weighted by molar-refractivity contribution is 0.0702. The Hall–Kier alpha value is -3.15. The van der Waals surface area contributed by atoms with Gasteiger partial charge in [-0.2, -0.15) is 0 Å². The lowest BCUT2D eigenvalue weighted by Crippen LogP contribution is -2.45. The quantitative estimate of drug-likeness (QED) is 0.669. The minimum absolute atomic E-state index is 0.103. The molecule has 1 amide bonds. The van der Waals surface area contributed by atoms with Crippen molar-refractivity contribution in [1.82, 2.24) is 9.88 Å². The number of hydrogen-bond donors (Lipinski definition) is 0. The summed E-state index contributed by atoms with van der Waals surface area (Å²) in [7, 11) is 3.40. The van der Waals surface area contributed by atoms with Crippen molar-refractivity contribution in [3.8, 4) is 5.88 Å². The molecule has 2 aromatic carbocycles. The average Bonchev–Trinajstić information content (AvgIpc) is 2.78. The molecular weight excluding hydrogens is 369 g/mol. The summed E-state index contributed by atoms with van der Waals surface area (Å²) >= 11 is 0. The standard InChI is InChI=1S/C23H24FN3O2/c1-26(18-11-13-27(14-12-18)19-9-7-17(24)8-10-19)23(28)21-15-16-5-3-4-6-20(16)22(25-21)29-2/h3-10,15,18H,11-14H2,1-2H3. The van der Waals surface area contributed by atoms with Crippen LogP contribution in [0.1, 0.15) is 23.3 Å². The zero-order valence-electron chi connectivity index (χ0n) is 16.6. The molecule has 0 saturated carbocycles. The summed E-state index contributed by atoms with van der Waals surface area (Å²) in [6.45, 7) is 1.64. The maximum atomic E-state index is 13.1. The van der Waals surface area contributed by atoms with Crippen molar-refractivity contribution in [3.63, 3.8) is 0 Å². The molecule has 0 N–H and O–H groups in total. The minimum atomic E-state index is -0.229. The van der Waals surface area contributed by atoms with Crippen LogP contribution in [-0.4, -0.2) is 49.1 Å². The van der Waals surface area contributed by atoms with Crippen LogP contribution >= 0.6 is 0 Å². The minimum Gasteiger partial charge on any atom is -0.481 e. The maximum absolute atomic E-state index is 13.1. The Balaban J connectivity index is 1.47. The third-order valence-corrected chi connectivity index (χ3v) is 5.64. The van der Waals surface area contributed by atoms with Gasteiger partial charge in [0.25, 0.3) is 5.91 Å². The van der Waals surface area contributed by atoms with Crippen LogP contribution in [0, 0.1) is 5.82 Å². The van der Waals surface area contributed by atoms with Gasteiger partial charge in [0.15, 0.2) is 0 Å². The van der Waals surface area contributed by atoms with E-state index >= 15 is 0 Å². The fraction of sp³-hybridized carbons (Fsp3) is 0.304. The van der Waals surface area contributed by atoms with Gasteiger partial charge in [-0.1, -0.05) is 18.2 Å². The van der Waals surface area contributed by atoms with Gasteiger partial charge >= 0.3 is 0 Å². The Morgan fingerprint density at radius 3 is 2.52 bits per heavy atom. The van der Waals surface area contributed by atoms with Crippen molar-refractivity contribution in [3.05, 3.63) is 66.1 Å². The first-order valence-corrected chi connectivity index (χ1v) is 9.78. The topological polar surface area (TPSA) is 45.7 Å². The number of piperidine rings is 1. The molecule has 1 saturated heterocycles. The van der Waals surface area contributed by atoms with Crippen LogP contribution in [0.25, 0.3) is 10.8 Å². The van der Waals surface area contributed by atoms with E-state index in [0.717, 1.165) is 42.4 Å². The number of rotatable bonds is 4. The highest BCUT2D eigenvalue weighted by Crippen LogP contribution is 2.26. The van der Waals surface area contributed by atoms with Gasteiger partial charge < -0.3 is 14.5 Å². The lowest BCUT2D eigenvalue weighted by Gasteiger charge is -2.37. The SMILES string of the molecule is COc1nc(C(=O)N(C)C2CCN(c3ccc(F)cc3)CC2)cc2ccccc12. The smallest absolute Gasteiger partial charge is 0.272 e. The van der Waals surface area contributed by atoms with Gasteiger partial charge in [0.1, 0.15) is 11.5 Å². The van der Waals surface area contributed by atoms with Gasteiger partial charge in [-0.05, 0) is 54.6 Å². The average molecular weight is 393 g/mol. The van der Waals surface area contributed by atoms with Gasteiger partial charge in [-0.15, -0.1) is 0 Å². The van der Waals surface area contributed by atoms with Crippen molar-refractivity contribution in [2.45, 2.75) is 18.9 Å². The second-order valence-corrected chi connectivity index (χ2v) is 7.35. The number of methoxy groups -OCH3 is 1. The molecule has 0 radical (unpaired) electrons. The van der Waals surface area contributed by atoms with Crippen LogP contribution in [-0.2, 0) is 0 Å². The summed E-state index contributed by atoms with van der Waals surface area (Å²) in [5.41, 5.74) is 1.41. The van der Waals surface area contributed by atoms with Crippen molar-refractivity contribution in [2.24, 2.45) is 0 Å². The molecule has 29 heavy (non-hydrogen) atoms. The van der Waals surface area contributed by atoms with Crippen LogP contribution < -0.4 is 9.64 Å². The molecule has 1 aliphatic rings. The second kappa shape index (κ2) is 8.07. The van der Waals surface area contributed by atoms with Crippen molar-refractivity contribution in [1.29, 1.82) is 0 Å². The molecule has 4 rings (SSSR count). The van der Waals surface area contributed by atoms with Gasteiger partial charge in [-0.25, -0.2) is 9.37 Å². The molecule has 0 atom stereocenters. The molecule has 0 aliphatic carbocycles. The highest BCUT2D eigenvalue weighted by molar-refractivity contribution is 5.98. The van der Waals surface area contributed by atoms with Gasteiger partial charge in [0, 0.05) is 37.3 Å². The summed E-state index contributed by atoms with van der Waals surface area (Å²) in [6.07, 6.45) is 1.70. The van der Waals surface area contributed by atoms with Gasteiger partial charge in [-0.3, -0.25) is 4.79 Å². The Morgan fingerprint density at radius 2 is 1.83 bits per heavy atom. The van der Waals surface area contributed by atoms with E-state index in [-0.39, 0.29) is 17.8 Å². The number of carbonyl (C=O) groups is 1. The van der Waals surface area contributed by atoms with Gasteiger partial charge in [0.2, 0.25) is 5.88 Å². The molecule has 5 nitrogen and oxygen atoms in total. The van der Waals surface area contributed by atoms with E-state index in [0.29, 0.717) is 11.6 Å². The summed E-state index contributed by atoms with van der Waals surface area (Å²) in [5, 5.41) is 1.82. The maximum Gasteiger partial charge on any atom is 0.272 e. The number of pyridine rings is 1. The van der Waals surface area contributed by atoms with E-state index in [4.69, 9.17) is 4.74 Å². The van der Waals surface area contributed by atoms with Gasteiger partial charge in [0.05, 0.1) is 7.11 Å². The normalized spacial score (nSPS) is 14.8. The molecule has 6 heteroatoms. The number of carbonyl (C=O) groups excluding carboxylic acids is 1. The van der Waals surface area contributed by atoms with E-state index in [1.807, 2.05) is 37.4 Å². The van der Waals surface area contributed by atoms with E-state index < -0.39 is 0 Å². The number of amides is 1. The molecule has 0 spiro atoms. The molecule has 0 unspecified atom stereocenters. The molecule has 0 bridgehead atoms. The third kappa shape index (κ3) is 3.88. The van der Waals surface area contributed by atoms with Crippen LogP contribution in [0.4, 0.5) is 10.1 Å². The number of aromatic nitrogens is 1. The molecule has 150 valence electrons. The summed E-state index contributed by atoms with van der Waals surface area (Å²) < 4.78 is 18.5. The molecule has 3 aromatic rings. The predicted octanol–water partition coefficient (Wildman–Crippen LogP) is 4.12. The highest BCUT2D eigenvalue weighted by atomic mass is 19.1. The summed E-state index contributed by atoms with van der Waals surface area (Å²) in [6, 6.07) is 16.3. The first kappa shape index (κ1) is 19.2. The first-order valence-electron chi connectivity index (χ1n) is 9.78. The third-order valence-electron chi connectivity index (χ3n) is 5.64. The van der Waals surface area contributed by atoms with E-state index in [1.165, 1.54) is 12.1 Å². The fourth-order valence-electron chi connectivity index (χ4n) is 3.94. The van der Waals surface area contributed by atoms with Crippen molar-refractivity contribution >= 4 is 22.4 Å². The number of hydrogen-bond acceptors (Lipinski definition) is 4. The lowest BCUT2D eigenvalue weighted by atomic mass is 10.0. The Labute approximate surface area is 169 Å². The molecule has 1 aliphatic heterocycles. The highest BCUT2D eigenvalue weighted by Gasteiger charge is 2.27. The summed E-state index contributed by atoms with van der Waals surface area (Å²) in [4.78, 5) is 21.6. The number of benzene rings is 2. The monoisotopic (exact) mass is 393 g/mol. The zero-order chi connectivity index (χ0) is 20.4. The van der Waals surface area contributed by atoms with Crippen LogP contribution in [0.5, 0.6) is 5.88 Å². The number of ether oxygens (including phenoxy) is 1. The van der Waals surface area contributed by atoms with E-state index in [2.05, 4.69) is 9.88 Å². The number of nitrogens with zero attached hydrogens (tertiary/aromatic N) is 3.